The van der Waals surface area contributed by atoms with Gasteiger partial charge in [-0.3, -0.25) is 20.2 Å². The molecule has 1 saturated heterocycles. The fraction of sp³-hybridized carbons (Fsp3) is 0.348. The van der Waals surface area contributed by atoms with E-state index < -0.39 is 5.54 Å². The number of nitrogens with zero attached hydrogens (tertiary/aromatic N) is 3. The second kappa shape index (κ2) is 8.13. The number of hydrogen-bond donors (Lipinski definition) is 3. The van der Waals surface area contributed by atoms with Crippen LogP contribution in [0.25, 0.3) is 10.9 Å². The van der Waals surface area contributed by atoms with Crippen molar-refractivity contribution in [3.63, 3.8) is 0 Å². The van der Waals surface area contributed by atoms with E-state index in [9.17, 15) is 4.79 Å². The van der Waals surface area contributed by atoms with E-state index in [4.69, 9.17) is 9.73 Å². The normalized spacial score (nSPS) is 22.0. The summed E-state index contributed by atoms with van der Waals surface area (Å²) in [6.45, 7) is 2.97. The van der Waals surface area contributed by atoms with E-state index in [2.05, 4.69) is 33.0 Å². The molecule has 2 aliphatic rings. The summed E-state index contributed by atoms with van der Waals surface area (Å²) in [5.41, 5.74) is 3.13. The third-order valence-corrected chi connectivity index (χ3v) is 6.14. The van der Waals surface area contributed by atoms with Crippen molar-refractivity contribution in [2.45, 2.75) is 18.5 Å². The first kappa shape index (κ1) is 19.7. The molecule has 5 rings (SSSR count). The molecule has 31 heavy (non-hydrogen) atoms. The second-order valence-corrected chi connectivity index (χ2v) is 8.04. The number of aromatic nitrogens is 2. The molecular formula is C23H26N6O2. The molecule has 1 spiro atoms. The Morgan fingerprint density at radius 2 is 2.06 bits per heavy atom. The fourth-order valence-corrected chi connectivity index (χ4v) is 4.43. The lowest BCUT2D eigenvalue weighted by molar-refractivity contribution is 0.0782. The molecule has 1 atom stereocenters. The number of carbonyl (C=O) groups excluding carboxylic acids is 1. The minimum Gasteiger partial charge on any atom is -0.383 e. The Balaban J connectivity index is 1.44. The summed E-state index contributed by atoms with van der Waals surface area (Å²) in [5.74, 6) is 0.797. The molecule has 8 heteroatoms. The monoisotopic (exact) mass is 418 g/mol. The van der Waals surface area contributed by atoms with E-state index in [0.717, 1.165) is 28.8 Å². The number of amidine groups is 1. The number of aliphatic imine (C=N–C) groups is 1. The van der Waals surface area contributed by atoms with Crippen molar-refractivity contribution in [3.8, 4) is 0 Å². The Kier molecular flexibility index (Phi) is 5.17. The highest BCUT2D eigenvalue weighted by atomic mass is 16.5. The van der Waals surface area contributed by atoms with Gasteiger partial charge in [-0.15, -0.1) is 0 Å². The quantitative estimate of drug-likeness (QED) is 0.566. The van der Waals surface area contributed by atoms with Crippen LogP contribution in [0.1, 0.15) is 22.5 Å². The minimum absolute atomic E-state index is 0.0610. The summed E-state index contributed by atoms with van der Waals surface area (Å²) in [6, 6.07) is 15.9. The standard InChI is InChI=1S/C23H26N6O2/c1-31-13-11-24-22-23(25-14-16-6-2-4-8-18(16)26-22)10-12-29(15-23)21(30)20-17-7-3-5-9-19(17)27-28-20/h2-9,25H,10-15H2,1H3,(H,24,26)(H,27,28)/t23-/m0/s1. The van der Waals surface area contributed by atoms with E-state index in [-0.39, 0.29) is 5.91 Å². The molecule has 1 fully saturated rings. The Bertz CT molecular complexity index is 1140. The van der Waals surface area contributed by atoms with Gasteiger partial charge in [0.15, 0.2) is 5.69 Å². The van der Waals surface area contributed by atoms with Crippen LogP contribution in [-0.4, -0.2) is 65.7 Å². The lowest BCUT2D eigenvalue weighted by Crippen LogP contribution is -2.55. The predicted molar refractivity (Wildman–Crippen MR) is 120 cm³/mol. The number of likely N-dealkylation sites (tertiary alicyclic amines) is 1. The Hall–Kier alpha value is -3.23. The molecule has 0 unspecified atom stereocenters. The number of rotatable bonds is 4. The number of fused-ring (bicyclic) bond motifs is 2. The number of amides is 1. The van der Waals surface area contributed by atoms with Crippen molar-refractivity contribution in [2.75, 3.05) is 38.7 Å². The van der Waals surface area contributed by atoms with Gasteiger partial charge in [-0.25, -0.2) is 0 Å². The van der Waals surface area contributed by atoms with Gasteiger partial charge in [0.05, 0.1) is 24.2 Å². The highest BCUT2D eigenvalue weighted by molar-refractivity contribution is 6.07. The first-order valence-corrected chi connectivity index (χ1v) is 10.6. The van der Waals surface area contributed by atoms with E-state index in [1.165, 1.54) is 5.56 Å². The lowest BCUT2D eigenvalue weighted by atomic mass is 9.96. The number of H-pyrrole nitrogens is 1. The zero-order chi connectivity index (χ0) is 21.3. The second-order valence-electron chi connectivity index (χ2n) is 8.04. The summed E-state index contributed by atoms with van der Waals surface area (Å²) < 4.78 is 5.20. The van der Waals surface area contributed by atoms with Gasteiger partial charge < -0.3 is 15.0 Å². The van der Waals surface area contributed by atoms with Crippen LogP contribution in [0.3, 0.4) is 0 Å². The number of nitrogens with one attached hydrogen (secondary N) is 3. The topological polar surface area (TPSA) is 94.6 Å². The average molecular weight is 419 g/mol. The highest BCUT2D eigenvalue weighted by Crippen LogP contribution is 2.31. The zero-order valence-corrected chi connectivity index (χ0v) is 17.5. The number of aromatic amines is 1. The van der Waals surface area contributed by atoms with Gasteiger partial charge in [0, 0.05) is 37.8 Å². The number of ether oxygens (including phenoxy) is 1. The van der Waals surface area contributed by atoms with E-state index in [1.807, 2.05) is 41.3 Å². The molecule has 0 saturated carbocycles. The number of carbonyl (C=O) groups is 1. The molecule has 8 nitrogen and oxygen atoms in total. The van der Waals surface area contributed by atoms with Crippen LogP contribution in [0.4, 0.5) is 5.69 Å². The van der Waals surface area contributed by atoms with Crippen LogP contribution in [-0.2, 0) is 11.3 Å². The molecular weight excluding hydrogens is 392 g/mol. The van der Waals surface area contributed by atoms with Crippen LogP contribution in [0.15, 0.2) is 53.5 Å². The van der Waals surface area contributed by atoms with Gasteiger partial charge >= 0.3 is 0 Å². The maximum absolute atomic E-state index is 13.4. The maximum Gasteiger partial charge on any atom is 0.275 e. The summed E-state index contributed by atoms with van der Waals surface area (Å²) in [4.78, 5) is 20.1. The van der Waals surface area contributed by atoms with Gasteiger partial charge in [-0.05, 0) is 24.1 Å². The van der Waals surface area contributed by atoms with Crippen molar-refractivity contribution in [1.29, 1.82) is 0 Å². The number of benzene rings is 2. The summed E-state index contributed by atoms with van der Waals surface area (Å²) in [6.07, 6.45) is 0.772. The third-order valence-electron chi connectivity index (χ3n) is 6.14. The van der Waals surface area contributed by atoms with Gasteiger partial charge in [0.25, 0.3) is 5.91 Å². The smallest absolute Gasteiger partial charge is 0.275 e. The van der Waals surface area contributed by atoms with Crippen molar-refractivity contribution in [1.82, 2.24) is 20.4 Å². The van der Waals surface area contributed by atoms with Gasteiger partial charge in [0.2, 0.25) is 0 Å². The van der Waals surface area contributed by atoms with Crippen molar-refractivity contribution >= 4 is 28.3 Å². The predicted octanol–water partition coefficient (Wildman–Crippen LogP) is 2.41. The molecule has 3 N–H and O–H groups in total. The number of methoxy groups -OCH3 is 1. The molecule has 2 aliphatic heterocycles. The molecule has 1 aromatic heterocycles. The van der Waals surface area contributed by atoms with Crippen molar-refractivity contribution in [2.24, 2.45) is 4.99 Å². The molecule has 0 aliphatic carbocycles. The Labute approximate surface area is 180 Å². The Morgan fingerprint density at radius 1 is 1.23 bits per heavy atom. The van der Waals surface area contributed by atoms with E-state index in [1.54, 1.807) is 7.11 Å². The number of para-hydroxylation sites is 2. The van der Waals surface area contributed by atoms with Crippen LogP contribution in [0, 0.1) is 0 Å². The molecule has 3 aromatic rings. The molecule has 3 heterocycles. The molecule has 0 radical (unpaired) electrons. The van der Waals surface area contributed by atoms with E-state index in [0.29, 0.717) is 38.5 Å². The van der Waals surface area contributed by atoms with Crippen LogP contribution in [0.2, 0.25) is 0 Å². The lowest BCUT2D eigenvalue weighted by Gasteiger charge is -2.30. The summed E-state index contributed by atoms with van der Waals surface area (Å²) in [7, 11) is 1.67. The molecule has 1 amide bonds. The SMILES string of the molecule is COCCN=C1Nc2ccccc2CN[C@]12CCN(C(=O)c1n[nH]c3ccccc13)C2. The fourth-order valence-electron chi connectivity index (χ4n) is 4.43. The van der Waals surface area contributed by atoms with Crippen LogP contribution >= 0.6 is 0 Å². The van der Waals surface area contributed by atoms with Crippen molar-refractivity contribution < 1.29 is 9.53 Å². The third kappa shape index (κ3) is 3.58. The first-order chi connectivity index (χ1) is 15.2. The number of anilines is 1. The molecule has 2 aromatic carbocycles. The van der Waals surface area contributed by atoms with Gasteiger partial charge in [-0.2, -0.15) is 5.10 Å². The Morgan fingerprint density at radius 3 is 2.97 bits per heavy atom. The summed E-state index contributed by atoms with van der Waals surface area (Å²) in [5, 5.41) is 15.4. The van der Waals surface area contributed by atoms with Crippen LogP contribution in [0.5, 0.6) is 0 Å². The van der Waals surface area contributed by atoms with Gasteiger partial charge in [0.1, 0.15) is 5.84 Å². The summed E-state index contributed by atoms with van der Waals surface area (Å²) >= 11 is 0. The first-order valence-electron chi connectivity index (χ1n) is 10.6. The number of hydrogen-bond acceptors (Lipinski definition) is 5. The highest BCUT2D eigenvalue weighted by Gasteiger charge is 2.45. The molecule has 160 valence electrons. The van der Waals surface area contributed by atoms with Crippen molar-refractivity contribution in [3.05, 3.63) is 59.8 Å². The average Bonchev–Trinajstić information content (AvgIpc) is 3.39. The maximum atomic E-state index is 13.4. The van der Waals surface area contributed by atoms with Crippen LogP contribution < -0.4 is 10.6 Å². The van der Waals surface area contributed by atoms with Gasteiger partial charge in [-0.1, -0.05) is 36.4 Å². The molecule has 0 bridgehead atoms. The largest absolute Gasteiger partial charge is 0.383 e. The zero-order valence-electron chi connectivity index (χ0n) is 17.5. The van der Waals surface area contributed by atoms with E-state index >= 15 is 0 Å². The minimum atomic E-state index is -0.436.